The highest BCUT2D eigenvalue weighted by Gasteiger charge is 2.21. The molecule has 1 unspecified atom stereocenters. The van der Waals surface area contributed by atoms with Gasteiger partial charge in [0.1, 0.15) is 0 Å². The maximum atomic E-state index is 11.9. The molecule has 1 rings (SSSR count). The van der Waals surface area contributed by atoms with Crippen LogP contribution in [0, 0.1) is 0 Å². The molecule has 1 aliphatic rings. The molecule has 1 aliphatic heterocycles. The van der Waals surface area contributed by atoms with Crippen LogP contribution in [0.3, 0.4) is 0 Å². The van der Waals surface area contributed by atoms with Crippen LogP contribution >= 0.6 is 0 Å². The van der Waals surface area contributed by atoms with Gasteiger partial charge in [-0.3, -0.25) is 9.69 Å². The van der Waals surface area contributed by atoms with Gasteiger partial charge in [0.25, 0.3) is 0 Å². The van der Waals surface area contributed by atoms with Crippen molar-refractivity contribution in [3.05, 3.63) is 0 Å². The van der Waals surface area contributed by atoms with Crippen molar-refractivity contribution in [2.45, 2.75) is 52.1 Å². The monoisotopic (exact) mass is 241 g/mol. The average Bonchev–Trinajstić information content (AvgIpc) is 2.36. The summed E-state index contributed by atoms with van der Waals surface area (Å²) < 4.78 is 0. The van der Waals surface area contributed by atoms with Crippen molar-refractivity contribution in [2.75, 3.05) is 26.2 Å². The molecule has 1 saturated heterocycles. The van der Waals surface area contributed by atoms with Gasteiger partial charge in [-0.05, 0) is 45.8 Å². The second kappa shape index (κ2) is 7.67. The van der Waals surface area contributed by atoms with Crippen molar-refractivity contribution in [1.82, 2.24) is 15.5 Å². The molecule has 4 heteroatoms. The van der Waals surface area contributed by atoms with Crippen LogP contribution in [0.2, 0.25) is 0 Å². The zero-order chi connectivity index (χ0) is 12.7. The standard InChI is InChI=1S/C13H27N3O/c1-4-11(3)15-13(17)10-16(5-2)12-6-8-14-9-7-12/h11-12,14H,4-10H2,1-3H3,(H,15,17). The van der Waals surface area contributed by atoms with Gasteiger partial charge in [-0.25, -0.2) is 0 Å². The minimum absolute atomic E-state index is 0.166. The summed E-state index contributed by atoms with van der Waals surface area (Å²) in [5.41, 5.74) is 0. The van der Waals surface area contributed by atoms with E-state index in [2.05, 4.69) is 36.3 Å². The molecule has 0 aromatic rings. The van der Waals surface area contributed by atoms with Gasteiger partial charge in [0, 0.05) is 12.1 Å². The zero-order valence-corrected chi connectivity index (χ0v) is 11.5. The molecule has 2 N–H and O–H groups in total. The quantitative estimate of drug-likeness (QED) is 0.728. The Morgan fingerprint density at radius 3 is 2.59 bits per heavy atom. The molecule has 0 bridgehead atoms. The van der Waals surface area contributed by atoms with E-state index in [9.17, 15) is 4.79 Å². The first-order valence-electron chi connectivity index (χ1n) is 6.91. The molecule has 1 amide bonds. The fourth-order valence-electron chi connectivity index (χ4n) is 2.28. The van der Waals surface area contributed by atoms with E-state index >= 15 is 0 Å². The van der Waals surface area contributed by atoms with Crippen molar-refractivity contribution in [1.29, 1.82) is 0 Å². The summed E-state index contributed by atoms with van der Waals surface area (Å²) in [5, 5.41) is 6.40. The number of carbonyl (C=O) groups is 1. The summed E-state index contributed by atoms with van der Waals surface area (Å²) in [6.07, 6.45) is 3.31. The highest BCUT2D eigenvalue weighted by molar-refractivity contribution is 5.78. The van der Waals surface area contributed by atoms with E-state index in [0.29, 0.717) is 12.6 Å². The Balaban J connectivity index is 2.37. The first-order valence-corrected chi connectivity index (χ1v) is 6.91. The summed E-state index contributed by atoms with van der Waals surface area (Å²) >= 11 is 0. The van der Waals surface area contributed by atoms with Gasteiger partial charge < -0.3 is 10.6 Å². The molecule has 0 aromatic carbocycles. The second-order valence-corrected chi connectivity index (χ2v) is 4.92. The van der Waals surface area contributed by atoms with E-state index in [0.717, 1.165) is 38.9 Å². The van der Waals surface area contributed by atoms with Crippen molar-refractivity contribution in [2.24, 2.45) is 0 Å². The van der Waals surface area contributed by atoms with Crippen molar-refractivity contribution >= 4 is 5.91 Å². The Morgan fingerprint density at radius 1 is 1.41 bits per heavy atom. The smallest absolute Gasteiger partial charge is 0.234 e. The minimum Gasteiger partial charge on any atom is -0.353 e. The Kier molecular flexibility index (Phi) is 6.52. The first-order chi connectivity index (χ1) is 8.17. The van der Waals surface area contributed by atoms with E-state index < -0.39 is 0 Å². The number of rotatable bonds is 6. The Bertz CT molecular complexity index is 227. The molecular formula is C13H27N3O. The predicted octanol–water partition coefficient (Wildman–Crippen LogP) is 0.975. The lowest BCUT2D eigenvalue weighted by Gasteiger charge is -2.33. The third-order valence-corrected chi connectivity index (χ3v) is 3.60. The summed E-state index contributed by atoms with van der Waals surface area (Å²) in [4.78, 5) is 14.2. The van der Waals surface area contributed by atoms with Crippen molar-refractivity contribution in [3.8, 4) is 0 Å². The minimum atomic E-state index is 0.166. The van der Waals surface area contributed by atoms with Gasteiger partial charge in [0.15, 0.2) is 0 Å². The van der Waals surface area contributed by atoms with Gasteiger partial charge in [-0.2, -0.15) is 0 Å². The van der Waals surface area contributed by atoms with E-state index in [-0.39, 0.29) is 11.9 Å². The highest BCUT2D eigenvalue weighted by atomic mass is 16.2. The number of hydrogen-bond acceptors (Lipinski definition) is 3. The van der Waals surface area contributed by atoms with Gasteiger partial charge in [0.05, 0.1) is 6.54 Å². The second-order valence-electron chi connectivity index (χ2n) is 4.92. The third-order valence-electron chi connectivity index (χ3n) is 3.60. The van der Waals surface area contributed by atoms with Gasteiger partial charge in [-0.15, -0.1) is 0 Å². The molecule has 17 heavy (non-hydrogen) atoms. The molecule has 0 radical (unpaired) electrons. The van der Waals surface area contributed by atoms with Gasteiger partial charge >= 0.3 is 0 Å². The lowest BCUT2D eigenvalue weighted by Crippen LogP contribution is -2.48. The summed E-state index contributed by atoms with van der Waals surface area (Å²) in [6, 6.07) is 0.859. The number of amides is 1. The number of nitrogens with zero attached hydrogens (tertiary/aromatic N) is 1. The number of nitrogens with one attached hydrogen (secondary N) is 2. The van der Waals surface area contributed by atoms with Crippen molar-refractivity contribution < 1.29 is 4.79 Å². The normalized spacial score (nSPS) is 19.3. The lowest BCUT2D eigenvalue weighted by atomic mass is 10.0. The third kappa shape index (κ3) is 5.04. The summed E-state index contributed by atoms with van der Waals surface area (Å²) in [5.74, 6) is 0.166. The zero-order valence-electron chi connectivity index (χ0n) is 11.5. The van der Waals surface area contributed by atoms with Crippen LogP contribution in [-0.2, 0) is 4.79 Å². The van der Waals surface area contributed by atoms with E-state index in [1.54, 1.807) is 0 Å². The fraction of sp³-hybridized carbons (Fsp3) is 0.923. The SMILES string of the molecule is CCC(C)NC(=O)CN(CC)C1CCNCC1. The van der Waals surface area contributed by atoms with E-state index in [1.165, 1.54) is 0 Å². The molecule has 0 saturated carbocycles. The van der Waals surface area contributed by atoms with Crippen LogP contribution in [0.15, 0.2) is 0 Å². The summed E-state index contributed by atoms with van der Waals surface area (Å²) in [6.45, 7) is 9.94. The maximum Gasteiger partial charge on any atom is 0.234 e. The number of piperidine rings is 1. The molecular weight excluding hydrogens is 214 g/mol. The van der Waals surface area contributed by atoms with Gasteiger partial charge in [0.2, 0.25) is 5.91 Å². The van der Waals surface area contributed by atoms with E-state index in [1.807, 2.05) is 0 Å². The largest absolute Gasteiger partial charge is 0.353 e. The van der Waals surface area contributed by atoms with Crippen molar-refractivity contribution in [3.63, 3.8) is 0 Å². The Labute approximate surface area is 105 Å². The van der Waals surface area contributed by atoms with Crippen LogP contribution in [0.5, 0.6) is 0 Å². The fourth-order valence-corrected chi connectivity index (χ4v) is 2.28. The topological polar surface area (TPSA) is 44.4 Å². The van der Waals surface area contributed by atoms with E-state index in [4.69, 9.17) is 0 Å². The number of carbonyl (C=O) groups excluding carboxylic acids is 1. The molecule has 0 aliphatic carbocycles. The molecule has 1 heterocycles. The predicted molar refractivity (Wildman–Crippen MR) is 71.0 cm³/mol. The number of hydrogen-bond donors (Lipinski definition) is 2. The molecule has 0 aromatic heterocycles. The first kappa shape index (κ1) is 14.5. The molecule has 1 fully saturated rings. The molecule has 0 spiro atoms. The van der Waals surface area contributed by atoms with Gasteiger partial charge in [-0.1, -0.05) is 13.8 Å². The Morgan fingerprint density at radius 2 is 2.06 bits per heavy atom. The molecule has 4 nitrogen and oxygen atoms in total. The maximum absolute atomic E-state index is 11.9. The Hall–Kier alpha value is -0.610. The lowest BCUT2D eigenvalue weighted by molar-refractivity contribution is -0.123. The number of likely N-dealkylation sites (N-methyl/N-ethyl adjacent to an activating group) is 1. The van der Waals surface area contributed by atoms with Crippen LogP contribution < -0.4 is 10.6 Å². The average molecular weight is 241 g/mol. The van der Waals surface area contributed by atoms with Crippen LogP contribution in [0.25, 0.3) is 0 Å². The molecule has 1 atom stereocenters. The highest BCUT2D eigenvalue weighted by Crippen LogP contribution is 2.11. The molecule has 100 valence electrons. The summed E-state index contributed by atoms with van der Waals surface area (Å²) in [7, 11) is 0. The van der Waals surface area contributed by atoms with Crippen LogP contribution in [-0.4, -0.2) is 49.1 Å². The van der Waals surface area contributed by atoms with Crippen LogP contribution in [0.4, 0.5) is 0 Å². The van der Waals surface area contributed by atoms with Crippen LogP contribution in [0.1, 0.15) is 40.0 Å².